The van der Waals surface area contributed by atoms with Gasteiger partial charge in [0.25, 0.3) is 11.5 Å². The van der Waals surface area contributed by atoms with Crippen molar-refractivity contribution in [3.63, 3.8) is 0 Å². The van der Waals surface area contributed by atoms with Crippen LogP contribution < -0.4 is 20.3 Å². The van der Waals surface area contributed by atoms with Gasteiger partial charge in [0.1, 0.15) is 17.3 Å². The highest BCUT2D eigenvalue weighted by atomic mass is 32.1. The maximum absolute atomic E-state index is 13.9. The molecule has 1 atom stereocenters. The van der Waals surface area contributed by atoms with Gasteiger partial charge in [-0.3, -0.25) is 18.8 Å². The summed E-state index contributed by atoms with van der Waals surface area (Å²) in [5, 5.41) is 2.90. The number of hydrogen-bond acceptors (Lipinski definition) is 8. The first-order valence-corrected chi connectivity index (χ1v) is 14.1. The molecule has 0 bridgehead atoms. The molecule has 0 unspecified atom stereocenters. The van der Waals surface area contributed by atoms with Crippen molar-refractivity contribution in [2.75, 3.05) is 20.3 Å². The fourth-order valence-corrected chi connectivity index (χ4v) is 5.58. The van der Waals surface area contributed by atoms with Crippen LogP contribution in [0.2, 0.25) is 0 Å². The van der Waals surface area contributed by atoms with Crippen molar-refractivity contribution in [1.29, 1.82) is 0 Å². The van der Waals surface area contributed by atoms with Crippen molar-refractivity contribution in [3.05, 3.63) is 86.4 Å². The molecule has 208 valence electrons. The van der Waals surface area contributed by atoms with E-state index in [-0.39, 0.29) is 18.0 Å². The number of carbonyl (C=O) groups is 2. The molecule has 1 aromatic carbocycles. The molecule has 5 rings (SSSR count). The van der Waals surface area contributed by atoms with Crippen LogP contribution in [-0.2, 0) is 17.8 Å². The first-order valence-electron chi connectivity index (χ1n) is 13.2. The van der Waals surface area contributed by atoms with Crippen LogP contribution in [0, 0.1) is 6.92 Å². The SMILES string of the molecule is COc1cc(CN(C(=O)c2cnc3ccccn3c2=O)[C@H]2CCCCNC2=O)ccc1OCCc1scnc1C. The van der Waals surface area contributed by atoms with Gasteiger partial charge in [0, 0.05) is 36.8 Å². The van der Waals surface area contributed by atoms with Crippen LogP contribution in [0.4, 0.5) is 0 Å². The normalized spacial score (nSPS) is 15.3. The molecule has 1 aliphatic heterocycles. The summed E-state index contributed by atoms with van der Waals surface area (Å²) in [7, 11) is 1.56. The summed E-state index contributed by atoms with van der Waals surface area (Å²) < 4.78 is 12.9. The minimum absolute atomic E-state index is 0.0916. The molecule has 10 nitrogen and oxygen atoms in total. The Hall–Kier alpha value is -4.25. The minimum atomic E-state index is -0.726. The number of pyridine rings is 1. The van der Waals surface area contributed by atoms with E-state index in [4.69, 9.17) is 9.47 Å². The number of amides is 2. The standard InChI is InChI=1S/C29H31N5O5S/c1-19-25(40-18-32-19)11-14-39-23-10-9-20(15-24(23)38-2)17-34(22-7-3-5-12-30-27(22)35)29(37)21-16-31-26-8-4-6-13-33(26)28(21)36/h4,6,8-10,13,15-16,18,22H,3,5,7,11-12,14,17H2,1-2H3,(H,30,35)/t22-/m0/s1. The van der Waals surface area contributed by atoms with E-state index >= 15 is 0 Å². The Morgan fingerprint density at radius 1 is 1.18 bits per heavy atom. The molecule has 0 saturated carbocycles. The Morgan fingerprint density at radius 2 is 2.05 bits per heavy atom. The summed E-state index contributed by atoms with van der Waals surface area (Å²) in [6.45, 7) is 3.10. The summed E-state index contributed by atoms with van der Waals surface area (Å²) in [5.41, 5.74) is 3.43. The van der Waals surface area contributed by atoms with Gasteiger partial charge in [-0.25, -0.2) is 9.97 Å². The van der Waals surface area contributed by atoms with Gasteiger partial charge in [-0.05, 0) is 56.0 Å². The van der Waals surface area contributed by atoms with Crippen molar-refractivity contribution >= 4 is 28.8 Å². The molecule has 1 saturated heterocycles. The van der Waals surface area contributed by atoms with Crippen LogP contribution in [0.3, 0.4) is 0 Å². The van der Waals surface area contributed by atoms with Crippen LogP contribution in [0.15, 0.2) is 59.1 Å². The van der Waals surface area contributed by atoms with Crippen LogP contribution >= 0.6 is 11.3 Å². The molecule has 1 fully saturated rings. The molecule has 4 heterocycles. The van der Waals surface area contributed by atoms with Crippen molar-refractivity contribution in [1.82, 2.24) is 24.6 Å². The Morgan fingerprint density at radius 3 is 2.85 bits per heavy atom. The molecular formula is C29H31N5O5S. The first kappa shape index (κ1) is 27.3. The van der Waals surface area contributed by atoms with Gasteiger partial charge in [0.15, 0.2) is 11.5 Å². The van der Waals surface area contributed by atoms with Crippen molar-refractivity contribution in [3.8, 4) is 11.5 Å². The smallest absolute Gasteiger partial charge is 0.270 e. The number of hydrogen-bond donors (Lipinski definition) is 1. The largest absolute Gasteiger partial charge is 0.493 e. The second-order valence-corrected chi connectivity index (χ2v) is 10.5. The zero-order valence-corrected chi connectivity index (χ0v) is 23.3. The minimum Gasteiger partial charge on any atom is -0.493 e. The van der Waals surface area contributed by atoms with E-state index in [9.17, 15) is 14.4 Å². The molecule has 0 radical (unpaired) electrons. The number of aromatic nitrogens is 3. The zero-order chi connectivity index (χ0) is 28.1. The summed E-state index contributed by atoms with van der Waals surface area (Å²) in [6.07, 6.45) is 5.70. The Labute approximate surface area is 235 Å². The predicted molar refractivity (Wildman–Crippen MR) is 151 cm³/mol. The number of thiazole rings is 1. The van der Waals surface area contributed by atoms with Crippen LogP contribution in [0.25, 0.3) is 5.65 Å². The summed E-state index contributed by atoms with van der Waals surface area (Å²) in [5.74, 6) is 0.321. The lowest BCUT2D eigenvalue weighted by molar-refractivity contribution is -0.125. The Balaban J connectivity index is 1.42. The number of aryl methyl sites for hydroxylation is 1. The summed E-state index contributed by atoms with van der Waals surface area (Å²) in [4.78, 5) is 51.4. The zero-order valence-electron chi connectivity index (χ0n) is 22.5. The van der Waals surface area contributed by atoms with Gasteiger partial charge < -0.3 is 19.7 Å². The van der Waals surface area contributed by atoms with Crippen LogP contribution in [-0.4, -0.2) is 57.4 Å². The molecule has 0 aliphatic carbocycles. The maximum atomic E-state index is 13.9. The van der Waals surface area contributed by atoms with Gasteiger partial charge in [0.05, 0.1) is 24.9 Å². The number of ether oxygens (including phenoxy) is 2. The van der Waals surface area contributed by atoms with Crippen molar-refractivity contribution < 1.29 is 19.1 Å². The monoisotopic (exact) mass is 561 g/mol. The Kier molecular flexibility index (Phi) is 8.40. The highest BCUT2D eigenvalue weighted by molar-refractivity contribution is 7.09. The highest BCUT2D eigenvalue weighted by Gasteiger charge is 2.33. The maximum Gasteiger partial charge on any atom is 0.270 e. The first-order chi connectivity index (χ1) is 19.5. The van der Waals surface area contributed by atoms with Crippen molar-refractivity contribution in [2.45, 2.75) is 45.2 Å². The average molecular weight is 562 g/mol. The van der Waals surface area contributed by atoms with Gasteiger partial charge in [-0.15, -0.1) is 11.3 Å². The molecule has 4 aromatic rings. The fraction of sp³-hybridized carbons (Fsp3) is 0.345. The molecule has 40 heavy (non-hydrogen) atoms. The number of nitrogens with one attached hydrogen (secondary N) is 1. The second kappa shape index (κ2) is 12.3. The lowest BCUT2D eigenvalue weighted by Gasteiger charge is -2.30. The van der Waals surface area contributed by atoms with Crippen molar-refractivity contribution in [2.24, 2.45) is 0 Å². The van der Waals surface area contributed by atoms with Crippen LogP contribution in [0.5, 0.6) is 11.5 Å². The summed E-state index contributed by atoms with van der Waals surface area (Å²) >= 11 is 1.60. The quantitative estimate of drug-likeness (QED) is 0.333. The highest BCUT2D eigenvalue weighted by Crippen LogP contribution is 2.30. The molecule has 2 amide bonds. The van der Waals surface area contributed by atoms with E-state index in [1.54, 1.807) is 55.0 Å². The number of benzene rings is 1. The van der Waals surface area contributed by atoms with Crippen LogP contribution in [0.1, 0.15) is 45.8 Å². The molecular weight excluding hydrogens is 530 g/mol. The second-order valence-electron chi connectivity index (χ2n) is 9.59. The van der Waals surface area contributed by atoms with E-state index in [0.717, 1.165) is 30.5 Å². The van der Waals surface area contributed by atoms with E-state index in [1.165, 1.54) is 20.4 Å². The molecule has 1 N–H and O–H groups in total. The number of fused-ring (bicyclic) bond motifs is 1. The topological polar surface area (TPSA) is 115 Å². The van der Waals surface area contributed by atoms with E-state index in [2.05, 4.69) is 15.3 Å². The molecule has 11 heteroatoms. The number of methoxy groups -OCH3 is 1. The van der Waals surface area contributed by atoms with E-state index in [0.29, 0.717) is 36.7 Å². The number of nitrogens with zero attached hydrogens (tertiary/aromatic N) is 4. The lowest BCUT2D eigenvalue weighted by atomic mass is 10.1. The fourth-order valence-electron chi connectivity index (χ4n) is 4.82. The Bertz CT molecular complexity index is 1580. The average Bonchev–Trinajstić information content (AvgIpc) is 3.26. The summed E-state index contributed by atoms with van der Waals surface area (Å²) in [6, 6.07) is 9.89. The third kappa shape index (κ3) is 5.84. The number of rotatable bonds is 9. The van der Waals surface area contributed by atoms with Gasteiger partial charge in [-0.2, -0.15) is 0 Å². The third-order valence-corrected chi connectivity index (χ3v) is 7.99. The lowest BCUT2D eigenvalue weighted by Crippen LogP contribution is -2.49. The van der Waals surface area contributed by atoms with E-state index in [1.807, 2.05) is 18.5 Å². The molecule has 0 spiro atoms. The third-order valence-electron chi connectivity index (χ3n) is 7.00. The van der Waals surface area contributed by atoms with Gasteiger partial charge in [-0.1, -0.05) is 12.1 Å². The van der Waals surface area contributed by atoms with Gasteiger partial charge >= 0.3 is 0 Å². The van der Waals surface area contributed by atoms with E-state index < -0.39 is 17.5 Å². The molecule has 1 aliphatic rings. The molecule has 3 aromatic heterocycles. The predicted octanol–water partition coefficient (Wildman–Crippen LogP) is 3.40. The number of carbonyl (C=O) groups excluding carboxylic acids is 2. The van der Waals surface area contributed by atoms with Gasteiger partial charge in [0.2, 0.25) is 5.91 Å².